The van der Waals surface area contributed by atoms with Crippen molar-refractivity contribution in [1.82, 2.24) is 25.1 Å². The number of aryl methyl sites for hydroxylation is 2. The van der Waals surface area contributed by atoms with Crippen LogP contribution in [0.4, 0.5) is 0 Å². The van der Waals surface area contributed by atoms with Crippen molar-refractivity contribution in [3.8, 4) is 0 Å². The van der Waals surface area contributed by atoms with E-state index in [9.17, 15) is 0 Å². The van der Waals surface area contributed by atoms with Crippen LogP contribution in [-0.2, 0) is 25.9 Å². The van der Waals surface area contributed by atoms with E-state index in [1.54, 1.807) is 0 Å². The molecule has 0 saturated carbocycles. The predicted octanol–water partition coefficient (Wildman–Crippen LogP) is 2.78. The average molecular weight is 307 g/mol. The first-order chi connectivity index (χ1) is 11.2. The van der Waals surface area contributed by atoms with Gasteiger partial charge in [-0.3, -0.25) is 10.00 Å². The number of nitrogens with zero attached hydrogens (tertiary/aromatic N) is 4. The minimum Gasteiger partial charge on any atom is -0.295 e. The van der Waals surface area contributed by atoms with E-state index in [-0.39, 0.29) is 0 Å². The molecule has 2 heterocycles. The van der Waals surface area contributed by atoms with Gasteiger partial charge in [0.05, 0.1) is 28.1 Å². The van der Waals surface area contributed by atoms with Gasteiger partial charge in [0.2, 0.25) is 0 Å². The highest BCUT2D eigenvalue weighted by molar-refractivity contribution is 5.74. The van der Waals surface area contributed by atoms with Crippen LogP contribution < -0.4 is 0 Å². The van der Waals surface area contributed by atoms with Crippen molar-refractivity contribution in [2.24, 2.45) is 0 Å². The number of aromatic nitrogens is 4. The first-order valence-corrected chi connectivity index (χ1v) is 8.16. The zero-order valence-electron chi connectivity index (χ0n) is 13.6. The molecule has 2 aromatic heterocycles. The Kier molecular flexibility index (Phi) is 3.58. The molecule has 118 valence electrons. The molecule has 3 aromatic rings. The first kappa shape index (κ1) is 14.3. The second kappa shape index (κ2) is 5.74. The van der Waals surface area contributed by atoms with E-state index in [4.69, 9.17) is 4.98 Å². The Morgan fingerprint density at radius 1 is 1.04 bits per heavy atom. The summed E-state index contributed by atoms with van der Waals surface area (Å²) >= 11 is 0. The largest absolute Gasteiger partial charge is 0.295 e. The summed E-state index contributed by atoms with van der Waals surface area (Å²) in [6.07, 6.45) is 3.54. The van der Waals surface area contributed by atoms with Crippen molar-refractivity contribution in [2.75, 3.05) is 7.05 Å². The van der Waals surface area contributed by atoms with Crippen molar-refractivity contribution in [3.05, 3.63) is 52.6 Å². The minimum atomic E-state index is 0.783. The SMILES string of the molecule is Cc1nc2ccccc2nc1CN(C)Cc1n[nH]c2c1CCC2. The van der Waals surface area contributed by atoms with Gasteiger partial charge in [0.25, 0.3) is 0 Å². The van der Waals surface area contributed by atoms with E-state index >= 15 is 0 Å². The molecule has 0 saturated heterocycles. The van der Waals surface area contributed by atoms with Crippen LogP contribution in [0, 0.1) is 6.92 Å². The predicted molar refractivity (Wildman–Crippen MR) is 90.1 cm³/mol. The van der Waals surface area contributed by atoms with Gasteiger partial charge in [0.15, 0.2) is 0 Å². The van der Waals surface area contributed by atoms with Crippen LogP contribution in [0.2, 0.25) is 0 Å². The summed E-state index contributed by atoms with van der Waals surface area (Å²) in [6, 6.07) is 8.04. The molecule has 1 aliphatic carbocycles. The van der Waals surface area contributed by atoms with Crippen LogP contribution >= 0.6 is 0 Å². The van der Waals surface area contributed by atoms with Crippen molar-refractivity contribution in [2.45, 2.75) is 39.3 Å². The molecular formula is C18H21N5. The van der Waals surface area contributed by atoms with Crippen molar-refractivity contribution in [3.63, 3.8) is 0 Å². The smallest absolute Gasteiger partial charge is 0.0890 e. The molecule has 4 rings (SSSR count). The number of fused-ring (bicyclic) bond motifs is 2. The van der Waals surface area contributed by atoms with Gasteiger partial charge in [-0.1, -0.05) is 12.1 Å². The Morgan fingerprint density at radius 3 is 2.61 bits per heavy atom. The number of H-pyrrole nitrogens is 1. The lowest BCUT2D eigenvalue weighted by Gasteiger charge is -2.17. The van der Waals surface area contributed by atoms with Crippen LogP contribution in [0.15, 0.2) is 24.3 Å². The van der Waals surface area contributed by atoms with E-state index < -0.39 is 0 Å². The number of benzene rings is 1. The van der Waals surface area contributed by atoms with E-state index in [1.165, 1.54) is 23.4 Å². The van der Waals surface area contributed by atoms with E-state index in [0.717, 1.165) is 48.4 Å². The number of rotatable bonds is 4. The van der Waals surface area contributed by atoms with E-state index in [2.05, 4.69) is 27.1 Å². The fourth-order valence-corrected chi connectivity index (χ4v) is 3.36. The van der Waals surface area contributed by atoms with Crippen LogP contribution in [0.25, 0.3) is 11.0 Å². The molecule has 0 bridgehead atoms. The Morgan fingerprint density at radius 2 is 1.78 bits per heavy atom. The van der Waals surface area contributed by atoms with Gasteiger partial charge in [0, 0.05) is 18.8 Å². The zero-order chi connectivity index (χ0) is 15.8. The molecule has 0 atom stereocenters. The number of nitrogens with one attached hydrogen (secondary N) is 1. The molecular weight excluding hydrogens is 286 g/mol. The average Bonchev–Trinajstić information content (AvgIpc) is 3.13. The molecule has 0 amide bonds. The Balaban J connectivity index is 1.54. The van der Waals surface area contributed by atoms with E-state index in [0.29, 0.717) is 0 Å². The molecule has 0 aliphatic heterocycles. The maximum atomic E-state index is 4.78. The molecule has 0 radical (unpaired) electrons. The van der Waals surface area contributed by atoms with Gasteiger partial charge >= 0.3 is 0 Å². The third-order valence-electron chi connectivity index (χ3n) is 4.57. The lowest BCUT2D eigenvalue weighted by molar-refractivity contribution is 0.309. The molecule has 1 aliphatic rings. The summed E-state index contributed by atoms with van der Waals surface area (Å²) in [5, 5.41) is 7.68. The lowest BCUT2D eigenvalue weighted by atomic mass is 10.2. The minimum absolute atomic E-state index is 0.783. The highest BCUT2D eigenvalue weighted by atomic mass is 15.2. The second-order valence-electron chi connectivity index (χ2n) is 6.40. The topological polar surface area (TPSA) is 57.7 Å². The maximum absolute atomic E-state index is 4.78. The maximum Gasteiger partial charge on any atom is 0.0890 e. The highest BCUT2D eigenvalue weighted by Gasteiger charge is 2.19. The fourth-order valence-electron chi connectivity index (χ4n) is 3.36. The van der Waals surface area contributed by atoms with Crippen LogP contribution in [0.3, 0.4) is 0 Å². The monoisotopic (exact) mass is 307 g/mol. The Labute approximate surface area is 135 Å². The fraction of sp³-hybridized carbons (Fsp3) is 0.389. The van der Waals surface area contributed by atoms with Gasteiger partial charge in [0.1, 0.15) is 0 Å². The Bertz CT molecular complexity index is 852. The first-order valence-electron chi connectivity index (χ1n) is 8.16. The van der Waals surface area contributed by atoms with Gasteiger partial charge in [-0.15, -0.1) is 0 Å². The van der Waals surface area contributed by atoms with Gasteiger partial charge in [-0.05, 0) is 50.9 Å². The second-order valence-corrected chi connectivity index (χ2v) is 6.40. The summed E-state index contributed by atoms with van der Waals surface area (Å²) in [5.74, 6) is 0. The standard InChI is InChI=1S/C18H21N5/c1-12-17(20-16-8-4-3-7-15(16)19-12)10-23(2)11-18-13-6-5-9-14(13)21-22-18/h3-4,7-8H,5-6,9-11H2,1-2H3,(H,21,22). The summed E-state index contributed by atoms with van der Waals surface area (Å²) in [7, 11) is 2.12. The molecule has 0 fully saturated rings. The quantitative estimate of drug-likeness (QED) is 0.805. The highest BCUT2D eigenvalue weighted by Crippen LogP contribution is 2.24. The van der Waals surface area contributed by atoms with Crippen LogP contribution in [0.5, 0.6) is 0 Å². The van der Waals surface area contributed by atoms with Gasteiger partial charge in [-0.2, -0.15) is 5.10 Å². The summed E-state index contributed by atoms with van der Waals surface area (Å²) in [4.78, 5) is 11.7. The lowest BCUT2D eigenvalue weighted by Crippen LogP contribution is -2.20. The summed E-state index contributed by atoms with van der Waals surface area (Å²) in [5.41, 5.74) is 7.91. The molecule has 0 spiro atoms. The number of hydrogen-bond donors (Lipinski definition) is 1. The number of hydrogen-bond acceptors (Lipinski definition) is 4. The molecule has 1 N–H and O–H groups in total. The molecule has 5 heteroatoms. The third-order valence-corrected chi connectivity index (χ3v) is 4.57. The normalized spacial score (nSPS) is 13.9. The van der Waals surface area contributed by atoms with E-state index in [1.807, 2.05) is 31.2 Å². The molecule has 0 unspecified atom stereocenters. The molecule has 23 heavy (non-hydrogen) atoms. The van der Waals surface area contributed by atoms with Crippen molar-refractivity contribution >= 4 is 11.0 Å². The summed E-state index contributed by atoms with van der Waals surface area (Å²) < 4.78 is 0. The number of aromatic amines is 1. The Hall–Kier alpha value is -2.27. The number of para-hydroxylation sites is 2. The van der Waals surface area contributed by atoms with Gasteiger partial charge < -0.3 is 0 Å². The van der Waals surface area contributed by atoms with Crippen LogP contribution in [-0.4, -0.2) is 32.1 Å². The van der Waals surface area contributed by atoms with Gasteiger partial charge in [-0.25, -0.2) is 9.97 Å². The molecule has 1 aromatic carbocycles. The third kappa shape index (κ3) is 2.72. The summed E-state index contributed by atoms with van der Waals surface area (Å²) in [6.45, 7) is 3.67. The van der Waals surface area contributed by atoms with Crippen LogP contribution in [0.1, 0.15) is 34.8 Å². The molecule has 5 nitrogen and oxygen atoms in total. The van der Waals surface area contributed by atoms with Crippen molar-refractivity contribution < 1.29 is 0 Å². The van der Waals surface area contributed by atoms with Crippen molar-refractivity contribution in [1.29, 1.82) is 0 Å². The zero-order valence-corrected chi connectivity index (χ0v) is 13.6.